The van der Waals surface area contributed by atoms with E-state index in [-0.39, 0.29) is 23.4 Å². The summed E-state index contributed by atoms with van der Waals surface area (Å²) in [4.78, 5) is 12.5. The Morgan fingerprint density at radius 3 is 2.43 bits per heavy atom. The van der Waals surface area contributed by atoms with E-state index >= 15 is 0 Å². The quantitative estimate of drug-likeness (QED) is 0.564. The molecule has 0 heterocycles. The summed E-state index contributed by atoms with van der Waals surface area (Å²) in [5.41, 5.74) is 1.52. The number of amides is 1. The molecule has 0 saturated heterocycles. The van der Waals surface area contributed by atoms with Gasteiger partial charge in [-0.05, 0) is 40.8 Å². The highest BCUT2D eigenvalue weighted by molar-refractivity contribution is 7.92. The summed E-state index contributed by atoms with van der Waals surface area (Å²) >= 11 is 6.14. The molecule has 3 rings (SSSR count). The second kappa shape index (κ2) is 9.49. The van der Waals surface area contributed by atoms with Crippen molar-refractivity contribution in [1.29, 1.82) is 0 Å². The number of para-hydroxylation sites is 1. The van der Waals surface area contributed by atoms with E-state index in [9.17, 15) is 13.2 Å². The van der Waals surface area contributed by atoms with Gasteiger partial charge in [0.25, 0.3) is 0 Å². The third-order valence-corrected chi connectivity index (χ3v) is 6.35. The molecular weight excluding hydrogens is 420 g/mol. The Kier molecular flexibility index (Phi) is 7.00. The second-order valence-electron chi connectivity index (χ2n) is 7.47. The zero-order valence-electron chi connectivity index (χ0n) is 17.0. The molecule has 0 aliphatic heterocycles. The van der Waals surface area contributed by atoms with Crippen molar-refractivity contribution in [3.05, 3.63) is 77.3 Å². The monoisotopic (exact) mass is 444 g/mol. The van der Waals surface area contributed by atoms with Gasteiger partial charge in [-0.15, -0.1) is 0 Å². The predicted octanol–water partition coefficient (Wildman–Crippen LogP) is 4.25. The molecule has 0 aromatic heterocycles. The number of carbonyl (C=O) groups excluding carboxylic acids is 1. The Labute approximate surface area is 182 Å². The fourth-order valence-electron chi connectivity index (χ4n) is 3.43. The Morgan fingerprint density at radius 2 is 1.70 bits per heavy atom. The van der Waals surface area contributed by atoms with Crippen LogP contribution in [0.3, 0.4) is 0 Å². The molecule has 0 spiro atoms. The molecular formula is C23H25ClN2O3S. The summed E-state index contributed by atoms with van der Waals surface area (Å²) in [7, 11) is -3.66. The lowest BCUT2D eigenvalue weighted by atomic mass is 9.96. The molecule has 5 nitrogen and oxygen atoms in total. The topological polar surface area (TPSA) is 66.5 Å². The summed E-state index contributed by atoms with van der Waals surface area (Å²) in [5, 5.41) is 5.53. The van der Waals surface area contributed by atoms with Crippen molar-refractivity contribution in [3.63, 3.8) is 0 Å². The normalized spacial score (nSPS) is 12.5. The minimum absolute atomic E-state index is 0.187. The van der Waals surface area contributed by atoms with Gasteiger partial charge in [-0.1, -0.05) is 73.1 Å². The van der Waals surface area contributed by atoms with E-state index in [0.29, 0.717) is 12.2 Å². The average molecular weight is 445 g/mol. The first-order valence-electron chi connectivity index (χ1n) is 9.71. The molecule has 0 aliphatic carbocycles. The molecule has 1 atom stereocenters. The summed E-state index contributed by atoms with van der Waals surface area (Å²) in [6, 6.07) is 21.0. The molecule has 7 heteroatoms. The van der Waals surface area contributed by atoms with Crippen molar-refractivity contribution < 1.29 is 13.2 Å². The Hall–Kier alpha value is -2.57. The van der Waals surface area contributed by atoms with E-state index in [4.69, 9.17) is 11.6 Å². The van der Waals surface area contributed by atoms with Gasteiger partial charge in [0.05, 0.1) is 17.0 Å². The highest BCUT2D eigenvalue weighted by Gasteiger charge is 2.23. The summed E-state index contributed by atoms with van der Waals surface area (Å²) in [5.74, 6) is -0.183. The summed E-state index contributed by atoms with van der Waals surface area (Å²) in [6.07, 6.45) is 1.87. The van der Waals surface area contributed by atoms with Crippen molar-refractivity contribution in [2.75, 3.05) is 23.7 Å². The number of nitrogens with one attached hydrogen (secondary N) is 1. The number of halogens is 1. The number of anilines is 1. The van der Waals surface area contributed by atoms with Crippen LogP contribution in [0.2, 0.25) is 5.02 Å². The fraction of sp³-hybridized carbons (Fsp3) is 0.261. The van der Waals surface area contributed by atoms with Crippen LogP contribution < -0.4 is 9.62 Å². The standard InChI is InChI=1S/C23H25ClN2O3S/c1-17(14-19-10-7-9-18-8-3-4-11-20(18)19)15-25-23(27)16-26(30(2,28)29)22-13-6-5-12-21(22)24/h3-13,17H,14-16H2,1-2H3,(H,25,27). The van der Waals surface area contributed by atoms with E-state index in [1.165, 1.54) is 16.3 Å². The zero-order chi connectivity index (χ0) is 21.7. The van der Waals surface area contributed by atoms with E-state index in [1.807, 2.05) is 18.2 Å². The Bertz CT molecular complexity index is 1140. The van der Waals surface area contributed by atoms with Crippen LogP contribution in [-0.2, 0) is 21.2 Å². The first-order valence-corrected chi connectivity index (χ1v) is 11.9. The van der Waals surface area contributed by atoms with Gasteiger partial charge in [0.2, 0.25) is 15.9 Å². The minimum atomic E-state index is -3.66. The van der Waals surface area contributed by atoms with Crippen molar-refractivity contribution >= 4 is 44.0 Å². The largest absolute Gasteiger partial charge is 0.354 e. The van der Waals surface area contributed by atoms with Gasteiger partial charge in [0.15, 0.2) is 0 Å². The van der Waals surface area contributed by atoms with Gasteiger partial charge in [-0.2, -0.15) is 0 Å². The molecule has 30 heavy (non-hydrogen) atoms. The lowest BCUT2D eigenvalue weighted by Gasteiger charge is -2.23. The number of hydrogen-bond donors (Lipinski definition) is 1. The number of benzene rings is 3. The van der Waals surface area contributed by atoms with Gasteiger partial charge < -0.3 is 5.32 Å². The number of rotatable bonds is 8. The van der Waals surface area contributed by atoms with Crippen LogP contribution in [0.5, 0.6) is 0 Å². The molecule has 0 fully saturated rings. The van der Waals surface area contributed by atoms with Crippen LogP contribution >= 0.6 is 11.6 Å². The fourth-order valence-corrected chi connectivity index (χ4v) is 4.58. The number of hydrogen-bond acceptors (Lipinski definition) is 3. The lowest BCUT2D eigenvalue weighted by Crippen LogP contribution is -2.41. The predicted molar refractivity (Wildman–Crippen MR) is 123 cm³/mol. The molecule has 158 valence electrons. The average Bonchev–Trinajstić information content (AvgIpc) is 2.71. The molecule has 0 saturated carbocycles. The Morgan fingerprint density at radius 1 is 1.03 bits per heavy atom. The van der Waals surface area contributed by atoms with Crippen LogP contribution in [0.25, 0.3) is 10.8 Å². The van der Waals surface area contributed by atoms with Crippen LogP contribution in [0, 0.1) is 5.92 Å². The van der Waals surface area contributed by atoms with E-state index < -0.39 is 10.0 Å². The number of sulfonamides is 1. The van der Waals surface area contributed by atoms with E-state index in [1.54, 1.807) is 24.3 Å². The highest BCUT2D eigenvalue weighted by atomic mass is 35.5. The number of fused-ring (bicyclic) bond motifs is 1. The van der Waals surface area contributed by atoms with Crippen molar-refractivity contribution in [3.8, 4) is 0 Å². The first-order chi connectivity index (χ1) is 14.3. The highest BCUT2D eigenvalue weighted by Crippen LogP contribution is 2.27. The van der Waals surface area contributed by atoms with Gasteiger partial charge in [0.1, 0.15) is 6.54 Å². The van der Waals surface area contributed by atoms with Gasteiger partial charge in [-0.25, -0.2) is 8.42 Å². The van der Waals surface area contributed by atoms with Crippen LogP contribution in [0.4, 0.5) is 5.69 Å². The Balaban J connectivity index is 1.63. The SMILES string of the molecule is CC(CNC(=O)CN(c1ccccc1Cl)S(C)(=O)=O)Cc1cccc2ccccc12. The van der Waals surface area contributed by atoms with Gasteiger partial charge in [0, 0.05) is 6.54 Å². The smallest absolute Gasteiger partial charge is 0.240 e. The molecule has 0 aliphatic rings. The summed E-state index contributed by atoms with van der Waals surface area (Å²) < 4.78 is 25.4. The van der Waals surface area contributed by atoms with Gasteiger partial charge in [-0.3, -0.25) is 9.10 Å². The maximum atomic E-state index is 12.5. The maximum Gasteiger partial charge on any atom is 0.240 e. The third-order valence-electron chi connectivity index (χ3n) is 4.90. The summed E-state index contributed by atoms with van der Waals surface area (Å²) in [6.45, 7) is 2.19. The van der Waals surface area contributed by atoms with Crippen LogP contribution in [-0.4, -0.2) is 33.7 Å². The van der Waals surface area contributed by atoms with Gasteiger partial charge >= 0.3 is 0 Å². The maximum absolute atomic E-state index is 12.5. The van der Waals surface area contributed by atoms with Crippen molar-refractivity contribution in [2.45, 2.75) is 13.3 Å². The third kappa shape index (κ3) is 5.52. The van der Waals surface area contributed by atoms with Crippen LogP contribution in [0.15, 0.2) is 66.7 Å². The lowest BCUT2D eigenvalue weighted by molar-refractivity contribution is -0.119. The van der Waals surface area contributed by atoms with E-state index in [0.717, 1.165) is 17.0 Å². The van der Waals surface area contributed by atoms with Crippen LogP contribution in [0.1, 0.15) is 12.5 Å². The number of carbonyl (C=O) groups is 1. The minimum Gasteiger partial charge on any atom is -0.354 e. The molecule has 1 amide bonds. The molecule has 0 radical (unpaired) electrons. The van der Waals surface area contributed by atoms with Crippen molar-refractivity contribution in [2.24, 2.45) is 5.92 Å². The molecule has 1 unspecified atom stereocenters. The number of nitrogens with zero attached hydrogens (tertiary/aromatic N) is 1. The zero-order valence-corrected chi connectivity index (χ0v) is 18.6. The van der Waals surface area contributed by atoms with Crippen molar-refractivity contribution in [1.82, 2.24) is 5.32 Å². The molecule has 0 bridgehead atoms. The molecule has 3 aromatic carbocycles. The molecule has 1 N–H and O–H groups in total. The first kappa shape index (κ1) is 22.1. The van der Waals surface area contributed by atoms with E-state index in [2.05, 4.69) is 36.5 Å². The molecule has 3 aromatic rings. The second-order valence-corrected chi connectivity index (χ2v) is 9.79.